The second kappa shape index (κ2) is 3.66. The van der Waals surface area contributed by atoms with Crippen LogP contribution in [0.25, 0.3) is 0 Å². The van der Waals surface area contributed by atoms with Crippen molar-refractivity contribution in [3.8, 4) is 0 Å². The van der Waals surface area contributed by atoms with Gasteiger partial charge >= 0.3 is 11.9 Å². The average molecular weight is 180 g/mol. The van der Waals surface area contributed by atoms with Gasteiger partial charge in [-0.2, -0.15) is 0 Å². The Balaban J connectivity index is 2.81. The van der Waals surface area contributed by atoms with Gasteiger partial charge < -0.3 is 10.4 Å². The molecule has 5 heteroatoms. The van der Waals surface area contributed by atoms with Crippen LogP contribution in [0.2, 0.25) is 0 Å². The number of nitrogens with zero attached hydrogens (tertiary/aromatic N) is 1. The van der Waals surface area contributed by atoms with Crippen molar-refractivity contribution in [1.82, 2.24) is 4.98 Å². The van der Waals surface area contributed by atoms with Crippen LogP contribution in [0.1, 0.15) is 5.69 Å². The lowest BCUT2D eigenvalue weighted by atomic mass is 10.3. The number of hydrogen-bond acceptors (Lipinski definition) is 3. The minimum absolute atomic E-state index is 0.412. The van der Waals surface area contributed by atoms with Gasteiger partial charge in [-0.1, -0.05) is 0 Å². The van der Waals surface area contributed by atoms with Crippen LogP contribution in [0.4, 0.5) is 5.69 Å². The summed E-state index contributed by atoms with van der Waals surface area (Å²) < 4.78 is 0. The van der Waals surface area contributed by atoms with E-state index in [1.807, 2.05) is 0 Å². The number of hydrogen-bond donors (Lipinski definition) is 2. The highest BCUT2D eigenvalue weighted by molar-refractivity contribution is 6.36. The first kappa shape index (κ1) is 9.18. The summed E-state index contributed by atoms with van der Waals surface area (Å²) in [7, 11) is 0. The molecule has 0 aromatic carbocycles. The van der Waals surface area contributed by atoms with Gasteiger partial charge in [-0.25, -0.2) is 4.79 Å². The molecular formula is C8H8N2O3. The van der Waals surface area contributed by atoms with Crippen LogP contribution in [0, 0.1) is 6.92 Å². The lowest BCUT2D eigenvalue weighted by Crippen LogP contribution is -2.22. The van der Waals surface area contributed by atoms with Gasteiger partial charge in [-0.05, 0) is 19.1 Å². The van der Waals surface area contributed by atoms with E-state index in [2.05, 4.69) is 10.3 Å². The number of aromatic nitrogens is 1. The van der Waals surface area contributed by atoms with E-state index >= 15 is 0 Å². The molecule has 0 saturated heterocycles. The number of carboxylic acid groups (broad SMARTS) is 1. The topological polar surface area (TPSA) is 79.3 Å². The maximum atomic E-state index is 10.7. The number of amides is 1. The summed E-state index contributed by atoms with van der Waals surface area (Å²) in [6, 6.07) is 3.20. The fourth-order valence-electron chi connectivity index (χ4n) is 0.792. The molecule has 0 aliphatic rings. The number of carbonyl (C=O) groups excluding carboxylic acids is 1. The zero-order valence-electron chi connectivity index (χ0n) is 6.94. The van der Waals surface area contributed by atoms with E-state index in [-0.39, 0.29) is 0 Å². The molecule has 0 spiro atoms. The highest BCUT2D eigenvalue weighted by Gasteiger charge is 2.11. The predicted octanol–water partition coefficient (Wildman–Crippen LogP) is 0.413. The van der Waals surface area contributed by atoms with Crippen LogP contribution in [-0.4, -0.2) is 22.0 Å². The van der Waals surface area contributed by atoms with E-state index in [0.29, 0.717) is 11.4 Å². The van der Waals surface area contributed by atoms with Gasteiger partial charge in [0, 0.05) is 6.20 Å². The van der Waals surface area contributed by atoms with Gasteiger partial charge in [0.25, 0.3) is 0 Å². The number of nitrogens with one attached hydrogen (secondary N) is 1. The van der Waals surface area contributed by atoms with E-state index in [9.17, 15) is 9.59 Å². The SMILES string of the molecule is Cc1ncccc1NC(=O)C(=O)O. The van der Waals surface area contributed by atoms with Gasteiger partial charge in [-0.15, -0.1) is 0 Å². The van der Waals surface area contributed by atoms with E-state index in [0.717, 1.165) is 0 Å². The summed E-state index contributed by atoms with van der Waals surface area (Å²) in [6.07, 6.45) is 1.56. The fourth-order valence-corrected chi connectivity index (χ4v) is 0.792. The number of pyridine rings is 1. The van der Waals surface area contributed by atoms with Crippen molar-refractivity contribution in [2.45, 2.75) is 6.92 Å². The van der Waals surface area contributed by atoms with Crippen molar-refractivity contribution in [1.29, 1.82) is 0 Å². The molecule has 1 aromatic rings. The number of aryl methyl sites for hydroxylation is 1. The molecule has 1 aromatic heterocycles. The molecular weight excluding hydrogens is 172 g/mol. The molecule has 0 bridgehead atoms. The van der Waals surface area contributed by atoms with Gasteiger partial charge in [0.05, 0.1) is 11.4 Å². The highest BCUT2D eigenvalue weighted by Crippen LogP contribution is 2.09. The minimum Gasteiger partial charge on any atom is -0.474 e. The molecule has 0 atom stereocenters. The van der Waals surface area contributed by atoms with E-state index in [1.165, 1.54) is 0 Å². The molecule has 0 radical (unpaired) electrons. The summed E-state index contributed by atoms with van der Waals surface area (Å²) in [5.74, 6) is -2.57. The molecule has 1 rings (SSSR count). The number of aliphatic carboxylic acids is 1. The molecule has 5 nitrogen and oxygen atoms in total. The normalized spacial score (nSPS) is 9.31. The Kier molecular flexibility index (Phi) is 2.59. The van der Waals surface area contributed by atoms with E-state index in [4.69, 9.17) is 5.11 Å². The second-order valence-electron chi connectivity index (χ2n) is 2.40. The number of rotatable bonds is 1. The third-order valence-corrected chi connectivity index (χ3v) is 1.45. The first-order chi connectivity index (χ1) is 6.11. The summed E-state index contributed by atoms with van der Waals surface area (Å²) in [6.45, 7) is 1.68. The van der Waals surface area contributed by atoms with E-state index < -0.39 is 11.9 Å². The van der Waals surface area contributed by atoms with Gasteiger partial charge in [0.1, 0.15) is 0 Å². The summed E-state index contributed by atoms with van der Waals surface area (Å²) >= 11 is 0. The van der Waals surface area contributed by atoms with Crippen LogP contribution >= 0.6 is 0 Å². The Morgan fingerprint density at radius 3 is 2.77 bits per heavy atom. The maximum absolute atomic E-state index is 10.7. The van der Waals surface area contributed by atoms with Crippen molar-refractivity contribution in [2.75, 3.05) is 5.32 Å². The Bertz CT molecular complexity index is 349. The standard InChI is InChI=1S/C8H8N2O3/c1-5-6(3-2-4-9-5)10-7(11)8(12)13/h2-4H,1H3,(H,10,11)(H,12,13). The van der Waals surface area contributed by atoms with Crippen molar-refractivity contribution < 1.29 is 14.7 Å². The maximum Gasteiger partial charge on any atom is 0.394 e. The van der Waals surface area contributed by atoms with Crippen LogP contribution in [0.3, 0.4) is 0 Å². The summed E-state index contributed by atoms with van der Waals surface area (Å²) in [4.78, 5) is 24.8. The van der Waals surface area contributed by atoms with Gasteiger partial charge in [0.2, 0.25) is 0 Å². The summed E-state index contributed by atoms with van der Waals surface area (Å²) in [5.41, 5.74) is 0.993. The Hall–Kier alpha value is -1.91. The molecule has 0 aliphatic carbocycles. The molecule has 0 aliphatic heterocycles. The van der Waals surface area contributed by atoms with Crippen molar-refractivity contribution in [3.63, 3.8) is 0 Å². The van der Waals surface area contributed by atoms with Crippen LogP contribution in [0.15, 0.2) is 18.3 Å². The second-order valence-corrected chi connectivity index (χ2v) is 2.40. The molecule has 68 valence electrons. The Morgan fingerprint density at radius 2 is 2.23 bits per heavy atom. The summed E-state index contributed by atoms with van der Waals surface area (Å²) in [5, 5.41) is 10.5. The number of carboxylic acids is 1. The Labute approximate surface area is 74.4 Å². The minimum atomic E-state index is -1.51. The number of anilines is 1. The van der Waals surface area contributed by atoms with Crippen LogP contribution in [0.5, 0.6) is 0 Å². The quantitative estimate of drug-likeness (QED) is 0.613. The van der Waals surface area contributed by atoms with Crippen LogP contribution < -0.4 is 5.32 Å². The smallest absolute Gasteiger partial charge is 0.394 e. The van der Waals surface area contributed by atoms with Crippen molar-refractivity contribution in [2.24, 2.45) is 0 Å². The third kappa shape index (κ3) is 2.26. The lowest BCUT2D eigenvalue weighted by Gasteiger charge is -2.03. The molecule has 1 heterocycles. The van der Waals surface area contributed by atoms with Crippen LogP contribution in [-0.2, 0) is 9.59 Å². The predicted molar refractivity (Wildman–Crippen MR) is 45.2 cm³/mol. The monoisotopic (exact) mass is 180 g/mol. The van der Waals surface area contributed by atoms with E-state index in [1.54, 1.807) is 25.3 Å². The fraction of sp³-hybridized carbons (Fsp3) is 0.125. The highest BCUT2D eigenvalue weighted by atomic mass is 16.4. The molecule has 0 saturated carbocycles. The number of carbonyl (C=O) groups is 2. The zero-order valence-corrected chi connectivity index (χ0v) is 6.94. The van der Waals surface area contributed by atoms with Gasteiger partial charge in [0.15, 0.2) is 0 Å². The molecule has 13 heavy (non-hydrogen) atoms. The molecule has 1 amide bonds. The third-order valence-electron chi connectivity index (χ3n) is 1.45. The molecule has 0 fully saturated rings. The average Bonchev–Trinajstić information content (AvgIpc) is 2.08. The Morgan fingerprint density at radius 1 is 1.54 bits per heavy atom. The molecule has 0 unspecified atom stereocenters. The van der Waals surface area contributed by atoms with Gasteiger partial charge in [-0.3, -0.25) is 9.78 Å². The first-order valence-corrected chi connectivity index (χ1v) is 3.57. The van der Waals surface area contributed by atoms with Crippen molar-refractivity contribution >= 4 is 17.6 Å². The lowest BCUT2D eigenvalue weighted by molar-refractivity contribution is -0.147. The van der Waals surface area contributed by atoms with Crippen molar-refractivity contribution in [3.05, 3.63) is 24.0 Å². The largest absolute Gasteiger partial charge is 0.474 e. The first-order valence-electron chi connectivity index (χ1n) is 3.57. The molecule has 2 N–H and O–H groups in total. The zero-order chi connectivity index (χ0) is 9.84.